The molecule has 0 aromatic carbocycles. The van der Waals surface area contributed by atoms with Crippen LogP contribution in [0.2, 0.25) is 0 Å². The lowest BCUT2D eigenvalue weighted by atomic mass is 10.1. The Morgan fingerprint density at radius 2 is 2.09 bits per heavy atom. The number of aliphatic hydroxyl groups excluding tert-OH is 1. The highest BCUT2D eigenvalue weighted by Gasteiger charge is 2.12. The van der Waals surface area contributed by atoms with Gasteiger partial charge in [-0.15, -0.1) is 11.6 Å². The first-order valence-electron chi connectivity index (χ1n) is 3.69. The zero-order valence-electron chi connectivity index (χ0n) is 7.10. The van der Waals surface area contributed by atoms with Gasteiger partial charge in [0.1, 0.15) is 0 Å². The van der Waals surface area contributed by atoms with E-state index in [2.05, 4.69) is 5.32 Å². The SMILES string of the molecule is CC(C)(CO)NC/C=C/CCl. The molecular formula is C8H16ClNO. The Labute approximate surface area is 73.3 Å². The third-order valence-electron chi connectivity index (χ3n) is 1.35. The number of aliphatic hydroxyl groups is 1. The molecule has 0 bridgehead atoms. The number of allylic oxidation sites excluding steroid dienone is 1. The van der Waals surface area contributed by atoms with Gasteiger partial charge in [0.2, 0.25) is 0 Å². The molecule has 3 heteroatoms. The van der Waals surface area contributed by atoms with Crippen LogP contribution in [0, 0.1) is 0 Å². The molecule has 0 aliphatic rings. The van der Waals surface area contributed by atoms with Crippen LogP contribution in [-0.4, -0.2) is 29.7 Å². The van der Waals surface area contributed by atoms with Crippen molar-refractivity contribution in [3.63, 3.8) is 0 Å². The summed E-state index contributed by atoms with van der Waals surface area (Å²) in [6, 6.07) is 0. The highest BCUT2D eigenvalue weighted by molar-refractivity contribution is 6.18. The number of alkyl halides is 1. The molecule has 0 saturated carbocycles. The Balaban J connectivity index is 3.45. The van der Waals surface area contributed by atoms with Gasteiger partial charge in [0, 0.05) is 18.0 Å². The van der Waals surface area contributed by atoms with Crippen molar-refractivity contribution in [2.45, 2.75) is 19.4 Å². The van der Waals surface area contributed by atoms with Crippen molar-refractivity contribution >= 4 is 11.6 Å². The van der Waals surface area contributed by atoms with E-state index >= 15 is 0 Å². The number of rotatable bonds is 5. The van der Waals surface area contributed by atoms with E-state index in [4.69, 9.17) is 16.7 Å². The Morgan fingerprint density at radius 3 is 2.55 bits per heavy atom. The molecule has 0 aliphatic carbocycles. The van der Waals surface area contributed by atoms with Crippen LogP contribution in [0.1, 0.15) is 13.8 Å². The zero-order valence-corrected chi connectivity index (χ0v) is 7.86. The summed E-state index contributed by atoms with van der Waals surface area (Å²) in [6.45, 7) is 4.78. The van der Waals surface area contributed by atoms with Gasteiger partial charge in [-0.25, -0.2) is 0 Å². The van der Waals surface area contributed by atoms with Crippen LogP contribution in [0.3, 0.4) is 0 Å². The highest BCUT2D eigenvalue weighted by Crippen LogP contribution is 1.98. The molecule has 2 N–H and O–H groups in total. The van der Waals surface area contributed by atoms with E-state index in [9.17, 15) is 0 Å². The zero-order chi connectivity index (χ0) is 8.74. The standard InChI is InChI=1S/C8H16ClNO/c1-8(2,7-11)10-6-4-3-5-9/h3-4,10-11H,5-7H2,1-2H3/b4-3+. The largest absolute Gasteiger partial charge is 0.394 e. The molecule has 66 valence electrons. The fraction of sp³-hybridized carbons (Fsp3) is 0.750. The molecule has 0 aliphatic heterocycles. The summed E-state index contributed by atoms with van der Waals surface area (Å²) in [5.41, 5.74) is -0.198. The molecular weight excluding hydrogens is 162 g/mol. The van der Waals surface area contributed by atoms with Crippen LogP contribution in [0.15, 0.2) is 12.2 Å². The number of nitrogens with one attached hydrogen (secondary N) is 1. The predicted octanol–water partition coefficient (Wildman–Crippen LogP) is 1.14. The first kappa shape index (κ1) is 11.0. The molecule has 0 fully saturated rings. The van der Waals surface area contributed by atoms with Crippen LogP contribution in [0.25, 0.3) is 0 Å². The molecule has 0 heterocycles. The van der Waals surface area contributed by atoms with Gasteiger partial charge in [0.15, 0.2) is 0 Å². The van der Waals surface area contributed by atoms with Crippen molar-refractivity contribution in [1.29, 1.82) is 0 Å². The normalized spacial score (nSPS) is 12.7. The predicted molar refractivity (Wildman–Crippen MR) is 49.0 cm³/mol. The van der Waals surface area contributed by atoms with E-state index < -0.39 is 0 Å². The van der Waals surface area contributed by atoms with E-state index in [1.165, 1.54) is 0 Å². The van der Waals surface area contributed by atoms with Gasteiger partial charge in [-0.05, 0) is 13.8 Å². The Hall–Kier alpha value is -0.0500. The van der Waals surface area contributed by atoms with Gasteiger partial charge < -0.3 is 10.4 Å². The van der Waals surface area contributed by atoms with Crippen molar-refractivity contribution in [1.82, 2.24) is 5.32 Å². The second kappa shape index (κ2) is 5.58. The van der Waals surface area contributed by atoms with E-state index in [0.29, 0.717) is 5.88 Å². The maximum atomic E-state index is 8.84. The van der Waals surface area contributed by atoms with E-state index in [-0.39, 0.29) is 12.1 Å². The summed E-state index contributed by atoms with van der Waals surface area (Å²) in [6.07, 6.45) is 3.83. The molecule has 11 heavy (non-hydrogen) atoms. The van der Waals surface area contributed by atoms with Gasteiger partial charge in [-0.2, -0.15) is 0 Å². The average molecular weight is 178 g/mol. The van der Waals surface area contributed by atoms with Crippen molar-refractivity contribution in [2.24, 2.45) is 0 Å². The Bertz CT molecular complexity index is 123. The number of hydrogen-bond acceptors (Lipinski definition) is 2. The van der Waals surface area contributed by atoms with Crippen molar-refractivity contribution in [2.75, 3.05) is 19.0 Å². The molecule has 0 unspecified atom stereocenters. The Kier molecular flexibility index (Phi) is 5.56. The molecule has 0 aromatic rings. The first-order valence-corrected chi connectivity index (χ1v) is 4.22. The minimum absolute atomic E-state index is 0.141. The summed E-state index contributed by atoms with van der Waals surface area (Å²) >= 11 is 5.42. The van der Waals surface area contributed by atoms with Crippen molar-refractivity contribution < 1.29 is 5.11 Å². The Morgan fingerprint density at radius 1 is 1.45 bits per heavy atom. The van der Waals surface area contributed by atoms with E-state index in [1.54, 1.807) is 0 Å². The molecule has 0 radical (unpaired) electrons. The number of halogens is 1. The van der Waals surface area contributed by atoms with E-state index in [1.807, 2.05) is 26.0 Å². The molecule has 0 rings (SSSR count). The average Bonchev–Trinajstić information content (AvgIpc) is 1.99. The molecule has 0 aromatic heterocycles. The summed E-state index contributed by atoms with van der Waals surface area (Å²) in [5.74, 6) is 0.543. The van der Waals surface area contributed by atoms with Gasteiger partial charge in [0.05, 0.1) is 6.61 Å². The maximum Gasteiger partial charge on any atom is 0.0607 e. The minimum Gasteiger partial charge on any atom is -0.394 e. The number of hydrogen-bond donors (Lipinski definition) is 2. The lowest BCUT2D eigenvalue weighted by molar-refractivity contribution is 0.193. The second-order valence-corrected chi connectivity index (χ2v) is 3.36. The van der Waals surface area contributed by atoms with Gasteiger partial charge in [-0.1, -0.05) is 12.2 Å². The van der Waals surface area contributed by atoms with Crippen molar-refractivity contribution in [3.8, 4) is 0 Å². The highest BCUT2D eigenvalue weighted by atomic mass is 35.5. The smallest absolute Gasteiger partial charge is 0.0607 e. The molecule has 0 atom stereocenters. The van der Waals surface area contributed by atoms with Crippen LogP contribution < -0.4 is 5.32 Å². The van der Waals surface area contributed by atoms with Crippen molar-refractivity contribution in [3.05, 3.63) is 12.2 Å². The summed E-state index contributed by atoms with van der Waals surface area (Å²) in [4.78, 5) is 0. The lowest BCUT2D eigenvalue weighted by Crippen LogP contribution is -2.42. The van der Waals surface area contributed by atoms with Gasteiger partial charge in [-0.3, -0.25) is 0 Å². The van der Waals surface area contributed by atoms with Gasteiger partial charge in [0.25, 0.3) is 0 Å². The van der Waals surface area contributed by atoms with Crippen LogP contribution in [-0.2, 0) is 0 Å². The fourth-order valence-corrected chi connectivity index (χ4v) is 0.663. The van der Waals surface area contributed by atoms with E-state index in [0.717, 1.165) is 6.54 Å². The lowest BCUT2D eigenvalue weighted by Gasteiger charge is -2.22. The quantitative estimate of drug-likeness (QED) is 0.488. The fourth-order valence-electron chi connectivity index (χ4n) is 0.537. The maximum absolute atomic E-state index is 8.84. The second-order valence-electron chi connectivity index (χ2n) is 3.05. The van der Waals surface area contributed by atoms with Crippen LogP contribution in [0.4, 0.5) is 0 Å². The third-order valence-corrected chi connectivity index (χ3v) is 1.53. The molecule has 2 nitrogen and oxygen atoms in total. The summed E-state index contributed by atoms with van der Waals surface area (Å²) in [7, 11) is 0. The first-order chi connectivity index (χ1) is 5.12. The summed E-state index contributed by atoms with van der Waals surface area (Å²) < 4.78 is 0. The monoisotopic (exact) mass is 177 g/mol. The van der Waals surface area contributed by atoms with Gasteiger partial charge >= 0.3 is 0 Å². The molecule has 0 saturated heterocycles. The topological polar surface area (TPSA) is 32.3 Å². The minimum atomic E-state index is -0.198. The molecule has 0 spiro atoms. The van der Waals surface area contributed by atoms with Crippen LogP contribution >= 0.6 is 11.6 Å². The third kappa shape index (κ3) is 6.35. The summed E-state index contributed by atoms with van der Waals surface area (Å²) in [5, 5.41) is 12.0. The molecule has 0 amide bonds. The van der Waals surface area contributed by atoms with Crippen LogP contribution in [0.5, 0.6) is 0 Å².